The van der Waals surface area contributed by atoms with Crippen LogP contribution in [0.5, 0.6) is 11.5 Å². The van der Waals surface area contributed by atoms with Crippen molar-refractivity contribution in [3.63, 3.8) is 0 Å². The molecule has 1 atom stereocenters. The Hall–Kier alpha value is -3.64. The predicted molar refractivity (Wildman–Crippen MR) is 145 cm³/mol. The van der Waals surface area contributed by atoms with Gasteiger partial charge in [0.25, 0.3) is 5.91 Å². The lowest BCUT2D eigenvalue weighted by atomic mass is 9.89. The third-order valence-corrected chi connectivity index (χ3v) is 7.32. The molecule has 1 aliphatic carbocycles. The molecule has 182 valence electrons. The lowest BCUT2D eigenvalue weighted by molar-refractivity contribution is -0.114. The maximum atomic E-state index is 13.7. The number of amides is 2. The van der Waals surface area contributed by atoms with E-state index in [4.69, 9.17) is 4.74 Å². The molecule has 0 saturated heterocycles. The molecule has 5 nitrogen and oxygen atoms in total. The van der Waals surface area contributed by atoms with Crippen molar-refractivity contribution in [2.45, 2.75) is 32.6 Å². The van der Waals surface area contributed by atoms with Gasteiger partial charge in [-0.3, -0.25) is 9.59 Å². The first-order valence-corrected chi connectivity index (χ1v) is 12.7. The summed E-state index contributed by atoms with van der Waals surface area (Å²) in [6.07, 6.45) is 9.43. The molecule has 36 heavy (non-hydrogen) atoms. The average molecular weight is 544 g/mol. The number of hydrogen-bond acceptors (Lipinski definition) is 4. The number of carbonyl (C=O) groups is 2. The van der Waals surface area contributed by atoms with Crippen molar-refractivity contribution in [1.29, 1.82) is 0 Å². The van der Waals surface area contributed by atoms with Crippen molar-refractivity contribution in [2.75, 3.05) is 0 Å². The standard InChI is InChI=1S/C30H26BrNO4/c1-18-6-14-27-29-23(25-16-21(31)9-15-26(25)36-27)12-13-24(28(18)29)30(35)32(17-33)22-10-7-20(8-11-22)5-3-4-19(2)34/h6-7,9-17,20,34H,2-5,8H2,1H3. The number of carbonyl (C=O) groups excluding carboxylic acids is 2. The molecular formula is C30H26BrNO4. The monoisotopic (exact) mass is 543 g/mol. The average Bonchev–Trinajstić information content (AvgIpc) is 2.87. The van der Waals surface area contributed by atoms with Gasteiger partial charge in [-0.05, 0) is 79.6 Å². The Bertz CT molecular complexity index is 1470. The summed E-state index contributed by atoms with van der Waals surface area (Å²) in [4.78, 5) is 27.0. The van der Waals surface area contributed by atoms with Gasteiger partial charge in [0.2, 0.25) is 6.41 Å². The molecule has 0 spiro atoms. The first kappa shape index (κ1) is 24.1. The Morgan fingerprint density at radius 1 is 1.17 bits per heavy atom. The maximum absolute atomic E-state index is 13.7. The highest BCUT2D eigenvalue weighted by Gasteiger charge is 2.27. The summed E-state index contributed by atoms with van der Waals surface area (Å²) in [5.74, 6) is 1.58. The summed E-state index contributed by atoms with van der Waals surface area (Å²) in [6.45, 7) is 5.49. The predicted octanol–water partition coefficient (Wildman–Crippen LogP) is 7.98. The molecular weight excluding hydrogens is 518 g/mol. The first-order valence-electron chi connectivity index (χ1n) is 12.0. The van der Waals surface area contributed by atoms with E-state index in [9.17, 15) is 14.7 Å². The quantitative estimate of drug-likeness (QED) is 0.189. The summed E-state index contributed by atoms with van der Waals surface area (Å²) < 4.78 is 7.14. The highest BCUT2D eigenvalue weighted by atomic mass is 79.9. The molecule has 6 heteroatoms. The minimum absolute atomic E-state index is 0.196. The SMILES string of the molecule is C=C(O)CCCC1C=CC(N(C=O)C(=O)c2ccc3c4c(ccc(C)c24)Oc2ccc(Br)cc2-3)=CC1. The zero-order valence-electron chi connectivity index (χ0n) is 20.0. The van der Waals surface area contributed by atoms with Crippen molar-refractivity contribution < 1.29 is 19.4 Å². The lowest BCUT2D eigenvalue weighted by Gasteiger charge is -2.25. The fourth-order valence-corrected chi connectivity index (χ4v) is 5.37. The third kappa shape index (κ3) is 4.37. The molecule has 1 N–H and O–H groups in total. The Balaban J connectivity index is 1.49. The van der Waals surface area contributed by atoms with E-state index in [0.29, 0.717) is 35.8 Å². The molecule has 0 radical (unpaired) electrons. The van der Waals surface area contributed by atoms with Gasteiger partial charge in [-0.2, -0.15) is 0 Å². The molecule has 3 aromatic carbocycles. The van der Waals surface area contributed by atoms with Crippen molar-refractivity contribution in [1.82, 2.24) is 4.90 Å². The van der Waals surface area contributed by atoms with Gasteiger partial charge in [-0.1, -0.05) is 46.8 Å². The lowest BCUT2D eigenvalue weighted by Crippen LogP contribution is -2.29. The largest absolute Gasteiger partial charge is 0.513 e. The molecule has 1 heterocycles. The summed E-state index contributed by atoms with van der Waals surface area (Å²) in [5, 5.41) is 10.9. The van der Waals surface area contributed by atoms with Gasteiger partial charge in [0.05, 0.1) is 5.76 Å². The highest BCUT2D eigenvalue weighted by molar-refractivity contribution is 9.10. The molecule has 2 aliphatic rings. The van der Waals surface area contributed by atoms with Crippen LogP contribution >= 0.6 is 15.9 Å². The zero-order valence-corrected chi connectivity index (χ0v) is 21.5. The Morgan fingerprint density at radius 3 is 2.69 bits per heavy atom. The first-order chi connectivity index (χ1) is 17.4. The molecule has 0 bridgehead atoms. The molecule has 3 aromatic rings. The summed E-state index contributed by atoms with van der Waals surface area (Å²) in [5.41, 5.74) is 3.91. The number of aliphatic hydroxyl groups excluding tert-OH is 1. The molecule has 2 amide bonds. The number of aliphatic hydroxyl groups is 1. The van der Waals surface area contributed by atoms with E-state index < -0.39 is 0 Å². The van der Waals surface area contributed by atoms with Gasteiger partial charge < -0.3 is 9.84 Å². The Labute approximate surface area is 218 Å². The van der Waals surface area contributed by atoms with E-state index in [0.717, 1.165) is 56.9 Å². The fourth-order valence-electron chi connectivity index (χ4n) is 5.01. The third-order valence-electron chi connectivity index (χ3n) is 6.82. The van der Waals surface area contributed by atoms with E-state index in [-0.39, 0.29) is 11.7 Å². The number of halogens is 1. The van der Waals surface area contributed by atoms with Crippen molar-refractivity contribution in [3.05, 3.63) is 94.3 Å². The van der Waals surface area contributed by atoms with Gasteiger partial charge in [-0.15, -0.1) is 0 Å². The van der Waals surface area contributed by atoms with Gasteiger partial charge >= 0.3 is 0 Å². The van der Waals surface area contributed by atoms with E-state index in [2.05, 4.69) is 22.5 Å². The molecule has 0 aromatic heterocycles. The van der Waals surface area contributed by atoms with Gasteiger partial charge in [-0.25, -0.2) is 4.90 Å². The normalized spacial score (nSPS) is 15.6. The molecule has 0 saturated carbocycles. The second kappa shape index (κ2) is 9.78. The van der Waals surface area contributed by atoms with Crippen LogP contribution in [-0.4, -0.2) is 22.3 Å². The summed E-state index contributed by atoms with van der Waals surface area (Å²) in [7, 11) is 0. The molecule has 1 unspecified atom stereocenters. The van der Waals surface area contributed by atoms with Crippen LogP contribution in [0.25, 0.3) is 21.9 Å². The number of allylic oxidation sites excluding steroid dienone is 4. The van der Waals surface area contributed by atoms with E-state index in [1.165, 1.54) is 4.90 Å². The van der Waals surface area contributed by atoms with Gasteiger partial charge in [0.1, 0.15) is 11.5 Å². The van der Waals surface area contributed by atoms with Crippen LogP contribution in [0.1, 0.15) is 41.6 Å². The van der Waals surface area contributed by atoms with E-state index in [1.54, 1.807) is 6.07 Å². The van der Waals surface area contributed by atoms with Crippen LogP contribution in [0.2, 0.25) is 0 Å². The second-order valence-corrected chi connectivity index (χ2v) is 10.2. The van der Waals surface area contributed by atoms with Crippen LogP contribution in [0.3, 0.4) is 0 Å². The topological polar surface area (TPSA) is 66.8 Å². The Kier molecular flexibility index (Phi) is 6.54. The molecule has 0 fully saturated rings. The number of benzene rings is 3. The number of imide groups is 1. The van der Waals surface area contributed by atoms with E-state index >= 15 is 0 Å². The van der Waals surface area contributed by atoms with Crippen LogP contribution in [0, 0.1) is 12.8 Å². The zero-order chi connectivity index (χ0) is 25.4. The number of ether oxygens (including phenoxy) is 1. The van der Waals surface area contributed by atoms with Gasteiger partial charge in [0.15, 0.2) is 0 Å². The highest BCUT2D eigenvalue weighted by Crippen LogP contribution is 2.48. The van der Waals surface area contributed by atoms with Crippen molar-refractivity contribution in [3.8, 4) is 22.6 Å². The van der Waals surface area contributed by atoms with Crippen LogP contribution in [-0.2, 0) is 4.79 Å². The minimum atomic E-state index is -0.372. The molecule has 5 rings (SSSR count). The van der Waals surface area contributed by atoms with E-state index in [1.807, 2.05) is 61.5 Å². The minimum Gasteiger partial charge on any atom is -0.513 e. The number of aryl methyl sites for hydroxylation is 1. The maximum Gasteiger partial charge on any atom is 0.265 e. The van der Waals surface area contributed by atoms with Crippen molar-refractivity contribution in [2.24, 2.45) is 5.92 Å². The number of nitrogens with zero attached hydrogens (tertiary/aromatic N) is 1. The van der Waals surface area contributed by atoms with Crippen LogP contribution < -0.4 is 4.74 Å². The number of hydrogen-bond donors (Lipinski definition) is 1. The van der Waals surface area contributed by atoms with Crippen LogP contribution in [0.4, 0.5) is 0 Å². The number of fused-ring (bicyclic) bond motifs is 2. The fraction of sp³-hybridized carbons (Fsp3) is 0.200. The van der Waals surface area contributed by atoms with Crippen LogP contribution in [0.15, 0.2) is 83.2 Å². The smallest absolute Gasteiger partial charge is 0.265 e. The van der Waals surface area contributed by atoms with Gasteiger partial charge in [0, 0.05) is 38.5 Å². The van der Waals surface area contributed by atoms with Crippen molar-refractivity contribution >= 4 is 39.0 Å². The Morgan fingerprint density at radius 2 is 1.97 bits per heavy atom. The number of rotatable bonds is 7. The summed E-state index contributed by atoms with van der Waals surface area (Å²) in [6, 6.07) is 13.5. The molecule has 1 aliphatic heterocycles. The summed E-state index contributed by atoms with van der Waals surface area (Å²) >= 11 is 3.54. The second-order valence-electron chi connectivity index (χ2n) is 9.26.